The molecule has 0 aliphatic carbocycles. The molecule has 19 heavy (non-hydrogen) atoms. The number of rotatable bonds is 0. The molecule has 0 aromatic rings. The van der Waals surface area contributed by atoms with E-state index >= 15 is 0 Å². The minimum Gasteiger partial charge on any atom is -0.317 e. The van der Waals surface area contributed by atoms with Gasteiger partial charge < -0.3 is 10.6 Å². The Kier molecular flexibility index (Phi) is 11.1. The monoisotopic (exact) mass is 268 g/mol. The predicted molar refractivity (Wildman–Crippen MR) is 81.5 cm³/mol. The molecular weight excluding hydrogens is 236 g/mol. The highest BCUT2D eigenvalue weighted by molar-refractivity contribution is 5.78. The van der Waals surface area contributed by atoms with E-state index in [-0.39, 0.29) is 0 Å². The highest BCUT2D eigenvalue weighted by atomic mass is 16.1. The highest BCUT2D eigenvalue weighted by Crippen LogP contribution is 2.05. The molecule has 2 N–H and O–H groups in total. The third kappa shape index (κ3) is 11.1. The van der Waals surface area contributed by atoms with E-state index < -0.39 is 0 Å². The lowest BCUT2D eigenvalue weighted by Gasteiger charge is -2.07. The number of carbonyl (C=O) groups excluding carboxylic acids is 1. The van der Waals surface area contributed by atoms with Gasteiger partial charge in [0.25, 0.3) is 0 Å². The Hall–Kier alpha value is -0.410. The lowest BCUT2D eigenvalue weighted by Crippen LogP contribution is -2.19. The molecular formula is C16H32N2O. The molecule has 112 valence electrons. The van der Waals surface area contributed by atoms with E-state index in [0.717, 1.165) is 38.9 Å². The van der Waals surface area contributed by atoms with E-state index in [0.29, 0.717) is 5.78 Å². The van der Waals surface area contributed by atoms with Crippen molar-refractivity contribution in [2.75, 3.05) is 26.2 Å². The number of carbonyl (C=O) groups is 1. The van der Waals surface area contributed by atoms with Crippen molar-refractivity contribution in [2.24, 2.45) is 0 Å². The van der Waals surface area contributed by atoms with Crippen LogP contribution in [0.3, 0.4) is 0 Å². The SMILES string of the molecule is O=C1CCCCCNCCCCCCCCNCC1. The lowest BCUT2D eigenvalue weighted by molar-refractivity contribution is -0.119. The van der Waals surface area contributed by atoms with Crippen molar-refractivity contribution in [3.8, 4) is 0 Å². The van der Waals surface area contributed by atoms with Crippen molar-refractivity contribution in [3.63, 3.8) is 0 Å². The summed E-state index contributed by atoms with van der Waals surface area (Å²) >= 11 is 0. The summed E-state index contributed by atoms with van der Waals surface area (Å²) < 4.78 is 0. The van der Waals surface area contributed by atoms with Crippen LogP contribution in [0.2, 0.25) is 0 Å². The van der Waals surface area contributed by atoms with Crippen LogP contribution in [0.15, 0.2) is 0 Å². The molecule has 1 saturated heterocycles. The van der Waals surface area contributed by atoms with Crippen molar-refractivity contribution in [1.82, 2.24) is 10.6 Å². The summed E-state index contributed by atoms with van der Waals surface area (Å²) in [5.41, 5.74) is 0. The first kappa shape index (κ1) is 16.6. The van der Waals surface area contributed by atoms with Crippen LogP contribution in [0.5, 0.6) is 0 Å². The van der Waals surface area contributed by atoms with Crippen LogP contribution >= 0.6 is 0 Å². The van der Waals surface area contributed by atoms with Gasteiger partial charge in [-0.05, 0) is 45.3 Å². The summed E-state index contributed by atoms with van der Waals surface area (Å²) in [6, 6.07) is 0. The fourth-order valence-corrected chi connectivity index (χ4v) is 2.56. The number of hydrogen-bond acceptors (Lipinski definition) is 3. The zero-order valence-electron chi connectivity index (χ0n) is 12.5. The Bertz CT molecular complexity index is 199. The van der Waals surface area contributed by atoms with Gasteiger partial charge in [-0.3, -0.25) is 4.79 Å². The average molecular weight is 268 g/mol. The minimum absolute atomic E-state index is 0.432. The Labute approximate surface area is 118 Å². The van der Waals surface area contributed by atoms with Crippen LogP contribution in [0.1, 0.15) is 70.6 Å². The fraction of sp³-hybridized carbons (Fsp3) is 0.938. The smallest absolute Gasteiger partial charge is 0.134 e. The number of Topliss-reactive ketones (excluding diaryl/α,β-unsaturated/α-hetero) is 1. The first-order valence-electron chi connectivity index (χ1n) is 8.33. The van der Waals surface area contributed by atoms with Crippen molar-refractivity contribution in [1.29, 1.82) is 0 Å². The molecule has 0 aromatic carbocycles. The van der Waals surface area contributed by atoms with Gasteiger partial charge in [-0.25, -0.2) is 0 Å². The van der Waals surface area contributed by atoms with E-state index in [2.05, 4.69) is 10.6 Å². The molecule has 1 heterocycles. The molecule has 1 rings (SSSR count). The van der Waals surface area contributed by atoms with Gasteiger partial charge in [0.05, 0.1) is 0 Å². The molecule has 1 aliphatic heterocycles. The van der Waals surface area contributed by atoms with E-state index in [4.69, 9.17) is 0 Å². The summed E-state index contributed by atoms with van der Waals surface area (Å²) in [4.78, 5) is 11.6. The maximum absolute atomic E-state index is 11.6. The number of hydrogen-bond donors (Lipinski definition) is 2. The van der Waals surface area contributed by atoms with E-state index in [9.17, 15) is 4.79 Å². The first-order valence-corrected chi connectivity index (χ1v) is 8.33. The van der Waals surface area contributed by atoms with Crippen molar-refractivity contribution >= 4 is 5.78 Å². The van der Waals surface area contributed by atoms with Crippen molar-refractivity contribution < 1.29 is 4.79 Å². The topological polar surface area (TPSA) is 41.1 Å². The van der Waals surface area contributed by atoms with Crippen LogP contribution in [0.25, 0.3) is 0 Å². The molecule has 0 amide bonds. The van der Waals surface area contributed by atoms with Crippen LogP contribution in [0, 0.1) is 0 Å². The summed E-state index contributed by atoms with van der Waals surface area (Å²) in [6.45, 7) is 4.24. The molecule has 0 radical (unpaired) electrons. The van der Waals surface area contributed by atoms with Gasteiger partial charge in [0, 0.05) is 19.4 Å². The van der Waals surface area contributed by atoms with E-state index in [1.807, 2.05) is 0 Å². The van der Waals surface area contributed by atoms with Gasteiger partial charge in [-0.2, -0.15) is 0 Å². The Morgan fingerprint density at radius 2 is 1.00 bits per heavy atom. The van der Waals surface area contributed by atoms with Gasteiger partial charge in [-0.15, -0.1) is 0 Å². The standard InChI is InChI=1S/C16H32N2O/c19-16-10-6-5-9-13-17-12-7-3-1-2-4-8-14-18-15-11-16/h17-18H,1-15H2. The van der Waals surface area contributed by atoms with Gasteiger partial charge in [-0.1, -0.05) is 32.1 Å². The number of ketones is 1. The maximum atomic E-state index is 11.6. The summed E-state index contributed by atoms with van der Waals surface area (Å²) in [5.74, 6) is 0.432. The largest absolute Gasteiger partial charge is 0.317 e. The Balaban J connectivity index is 2.10. The fourth-order valence-electron chi connectivity index (χ4n) is 2.56. The summed E-state index contributed by atoms with van der Waals surface area (Å²) in [5, 5.41) is 6.89. The summed E-state index contributed by atoms with van der Waals surface area (Å²) in [6.07, 6.45) is 13.0. The first-order chi connectivity index (χ1) is 9.39. The van der Waals surface area contributed by atoms with Gasteiger partial charge in [0.1, 0.15) is 5.78 Å². The predicted octanol–water partition coefficient (Wildman–Crippen LogP) is 3.04. The molecule has 0 spiro atoms. The minimum atomic E-state index is 0.432. The molecule has 3 nitrogen and oxygen atoms in total. The van der Waals surface area contributed by atoms with E-state index in [1.165, 1.54) is 57.9 Å². The molecule has 0 aromatic heterocycles. The third-order valence-electron chi connectivity index (χ3n) is 3.85. The third-order valence-corrected chi connectivity index (χ3v) is 3.85. The highest BCUT2D eigenvalue weighted by Gasteiger charge is 2.01. The average Bonchev–Trinajstić information content (AvgIpc) is 2.41. The zero-order chi connectivity index (χ0) is 13.6. The normalized spacial score (nSPS) is 23.5. The quantitative estimate of drug-likeness (QED) is 0.709. The molecule has 0 atom stereocenters. The van der Waals surface area contributed by atoms with E-state index in [1.54, 1.807) is 0 Å². The van der Waals surface area contributed by atoms with Crippen molar-refractivity contribution in [2.45, 2.75) is 70.6 Å². The maximum Gasteiger partial charge on any atom is 0.134 e. The van der Waals surface area contributed by atoms with Crippen molar-refractivity contribution in [3.05, 3.63) is 0 Å². The Morgan fingerprint density at radius 1 is 0.526 bits per heavy atom. The number of nitrogens with one attached hydrogen (secondary N) is 2. The van der Waals surface area contributed by atoms with Crippen LogP contribution < -0.4 is 10.6 Å². The second kappa shape index (κ2) is 12.6. The summed E-state index contributed by atoms with van der Waals surface area (Å²) in [7, 11) is 0. The molecule has 3 heteroatoms. The molecule has 0 unspecified atom stereocenters. The molecule has 1 aliphatic rings. The van der Waals surface area contributed by atoms with Crippen LogP contribution in [0.4, 0.5) is 0 Å². The second-order valence-corrected chi connectivity index (χ2v) is 5.72. The molecule has 0 saturated carbocycles. The van der Waals surface area contributed by atoms with Crippen LogP contribution in [-0.2, 0) is 4.79 Å². The second-order valence-electron chi connectivity index (χ2n) is 5.72. The van der Waals surface area contributed by atoms with Gasteiger partial charge in [0.15, 0.2) is 0 Å². The molecule has 1 fully saturated rings. The van der Waals surface area contributed by atoms with Crippen LogP contribution in [-0.4, -0.2) is 32.0 Å². The van der Waals surface area contributed by atoms with Gasteiger partial charge >= 0.3 is 0 Å². The lowest BCUT2D eigenvalue weighted by atomic mass is 10.1. The Morgan fingerprint density at radius 3 is 1.63 bits per heavy atom. The zero-order valence-corrected chi connectivity index (χ0v) is 12.5. The molecule has 0 bridgehead atoms. The van der Waals surface area contributed by atoms with Gasteiger partial charge in [0.2, 0.25) is 0 Å².